The highest BCUT2D eigenvalue weighted by Gasteiger charge is 2.21. The van der Waals surface area contributed by atoms with Gasteiger partial charge in [0, 0.05) is 25.6 Å². The fourth-order valence-electron chi connectivity index (χ4n) is 1.92. The summed E-state index contributed by atoms with van der Waals surface area (Å²) in [5.74, 6) is 0.0132. The van der Waals surface area contributed by atoms with Crippen LogP contribution in [0.15, 0.2) is 18.2 Å². The van der Waals surface area contributed by atoms with Crippen molar-refractivity contribution in [2.24, 2.45) is 0 Å². The van der Waals surface area contributed by atoms with Crippen molar-refractivity contribution in [3.8, 4) is 0 Å². The van der Waals surface area contributed by atoms with E-state index in [9.17, 15) is 14.9 Å². The van der Waals surface area contributed by atoms with Crippen molar-refractivity contribution in [2.75, 3.05) is 11.9 Å². The lowest BCUT2D eigenvalue weighted by molar-refractivity contribution is -0.384. The van der Waals surface area contributed by atoms with Crippen molar-refractivity contribution in [1.82, 2.24) is 0 Å². The normalized spacial score (nSPS) is 15.6. The zero-order valence-electron chi connectivity index (χ0n) is 8.97. The van der Waals surface area contributed by atoms with Crippen LogP contribution in [0.4, 0.5) is 11.4 Å². The summed E-state index contributed by atoms with van der Waals surface area (Å²) in [6.07, 6.45) is 2.09. The summed E-state index contributed by atoms with van der Waals surface area (Å²) < 4.78 is 0. The molecule has 0 N–H and O–H groups in total. The highest BCUT2D eigenvalue weighted by atomic mass is 16.6. The van der Waals surface area contributed by atoms with Gasteiger partial charge in [0.1, 0.15) is 0 Å². The molecule has 0 radical (unpaired) electrons. The van der Waals surface area contributed by atoms with Crippen LogP contribution in [-0.4, -0.2) is 17.9 Å². The average molecular weight is 220 g/mol. The fraction of sp³-hybridized carbons (Fsp3) is 0.364. The Balaban J connectivity index is 2.50. The van der Waals surface area contributed by atoms with Crippen LogP contribution in [0.3, 0.4) is 0 Å². The van der Waals surface area contributed by atoms with Crippen molar-refractivity contribution < 1.29 is 9.72 Å². The molecule has 5 heteroatoms. The van der Waals surface area contributed by atoms with Crippen LogP contribution in [0.25, 0.3) is 0 Å². The van der Waals surface area contributed by atoms with Crippen LogP contribution in [0.2, 0.25) is 0 Å². The monoisotopic (exact) mass is 220 g/mol. The number of hydrogen-bond acceptors (Lipinski definition) is 3. The van der Waals surface area contributed by atoms with Gasteiger partial charge in [-0.25, -0.2) is 0 Å². The number of amides is 1. The molecule has 1 aliphatic heterocycles. The smallest absolute Gasteiger partial charge is 0.271 e. The van der Waals surface area contributed by atoms with Crippen LogP contribution < -0.4 is 4.90 Å². The summed E-state index contributed by atoms with van der Waals surface area (Å²) in [5.41, 5.74) is 1.69. The number of nitro groups is 1. The van der Waals surface area contributed by atoms with Crippen molar-refractivity contribution in [2.45, 2.75) is 19.3 Å². The van der Waals surface area contributed by atoms with E-state index in [0.29, 0.717) is 12.1 Å². The molecule has 0 saturated carbocycles. The number of anilines is 1. The maximum absolute atomic E-state index is 11.6. The third-order valence-corrected chi connectivity index (χ3v) is 2.85. The zero-order valence-corrected chi connectivity index (χ0v) is 8.97. The molecule has 0 bridgehead atoms. The van der Waals surface area contributed by atoms with Gasteiger partial charge in [0.25, 0.3) is 5.69 Å². The quantitative estimate of drug-likeness (QED) is 0.536. The summed E-state index contributed by atoms with van der Waals surface area (Å²) >= 11 is 0. The maximum atomic E-state index is 11.6. The summed E-state index contributed by atoms with van der Waals surface area (Å²) in [6.45, 7) is 0. The Bertz CT molecular complexity index is 457. The standard InChI is InChI=1S/C11H12N2O3/c1-12-10-7-9(13(15)16)6-5-8(10)3-2-4-11(12)14/h5-7H,2-4H2,1H3. The molecule has 1 heterocycles. The number of rotatable bonds is 1. The van der Waals surface area contributed by atoms with Crippen molar-refractivity contribution in [3.05, 3.63) is 33.9 Å². The zero-order chi connectivity index (χ0) is 11.7. The Morgan fingerprint density at radius 3 is 2.81 bits per heavy atom. The first-order valence-corrected chi connectivity index (χ1v) is 5.13. The molecule has 1 aliphatic rings. The van der Waals surface area contributed by atoms with Gasteiger partial charge in [-0.3, -0.25) is 14.9 Å². The van der Waals surface area contributed by atoms with Crippen LogP contribution >= 0.6 is 0 Å². The van der Waals surface area contributed by atoms with Crippen LogP contribution in [-0.2, 0) is 11.2 Å². The number of non-ortho nitro benzene ring substituents is 1. The van der Waals surface area contributed by atoms with E-state index in [0.717, 1.165) is 18.4 Å². The molecule has 0 unspecified atom stereocenters. The SMILES string of the molecule is CN1C(=O)CCCc2ccc([N+](=O)[O-])cc21. The number of benzene rings is 1. The predicted octanol–water partition coefficient (Wildman–Crippen LogP) is 1.89. The minimum Gasteiger partial charge on any atom is -0.315 e. The molecule has 1 aromatic carbocycles. The van der Waals surface area contributed by atoms with E-state index in [-0.39, 0.29) is 11.6 Å². The molecule has 0 aliphatic carbocycles. The van der Waals surface area contributed by atoms with Gasteiger partial charge in [0.2, 0.25) is 5.91 Å². The van der Waals surface area contributed by atoms with Crippen molar-refractivity contribution >= 4 is 17.3 Å². The van der Waals surface area contributed by atoms with E-state index in [4.69, 9.17) is 0 Å². The van der Waals surface area contributed by atoms with Gasteiger partial charge in [-0.1, -0.05) is 6.07 Å². The first-order valence-electron chi connectivity index (χ1n) is 5.13. The van der Waals surface area contributed by atoms with Crippen LogP contribution in [0, 0.1) is 10.1 Å². The summed E-state index contributed by atoms with van der Waals surface area (Å²) in [4.78, 5) is 23.3. The molecular weight excluding hydrogens is 208 g/mol. The van der Waals surface area contributed by atoms with Gasteiger partial charge < -0.3 is 4.90 Å². The Kier molecular flexibility index (Phi) is 2.60. The third-order valence-electron chi connectivity index (χ3n) is 2.85. The number of carbonyl (C=O) groups is 1. The number of carbonyl (C=O) groups excluding carboxylic acids is 1. The molecular formula is C11H12N2O3. The lowest BCUT2D eigenvalue weighted by atomic mass is 10.1. The minimum atomic E-state index is -0.441. The second kappa shape index (κ2) is 3.92. The van der Waals surface area contributed by atoms with Gasteiger partial charge in [-0.05, 0) is 18.4 Å². The molecule has 16 heavy (non-hydrogen) atoms. The Hall–Kier alpha value is -1.91. The summed E-state index contributed by atoms with van der Waals surface area (Å²) in [7, 11) is 1.66. The van der Waals surface area contributed by atoms with E-state index >= 15 is 0 Å². The lowest BCUT2D eigenvalue weighted by Gasteiger charge is -2.16. The number of nitro benzene ring substituents is 1. The first kappa shape index (κ1) is 10.6. The third kappa shape index (κ3) is 1.76. The van der Waals surface area contributed by atoms with E-state index in [1.807, 2.05) is 0 Å². The molecule has 2 rings (SSSR count). The van der Waals surface area contributed by atoms with Crippen LogP contribution in [0.1, 0.15) is 18.4 Å². The average Bonchev–Trinajstić information content (AvgIpc) is 2.40. The Morgan fingerprint density at radius 2 is 2.12 bits per heavy atom. The maximum Gasteiger partial charge on any atom is 0.271 e. The second-order valence-corrected chi connectivity index (χ2v) is 3.88. The molecule has 0 aromatic heterocycles. The Labute approximate surface area is 92.8 Å². The largest absolute Gasteiger partial charge is 0.315 e. The molecule has 5 nitrogen and oxygen atoms in total. The molecule has 84 valence electrons. The number of fused-ring (bicyclic) bond motifs is 1. The predicted molar refractivity (Wildman–Crippen MR) is 59.4 cm³/mol. The van der Waals surface area contributed by atoms with E-state index < -0.39 is 4.92 Å². The summed E-state index contributed by atoms with van der Waals surface area (Å²) in [6, 6.07) is 4.70. The molecule has 1 aromatic rings. The molecule has 0 atom stereocenters. The van der Waals surface area contributed by atoms with Gasteiger partial charge >= 0.3 is 0 Å². The minimum absolute atomic E-state index is 0.0132. The van der Waals surface area contributed by atoms with Gasteiger partial charge in [0.05, 0.1) is 10.6 Å². The molecule has 0 spiro atoms. The number of nitrogens with zero attached hydrogens (tertiary/aromatic N) is 2. The van der Waals surface area contributed by atoms with Crippen molar-refractivity contribution in [1.29, 1.82) is 0 Å². The van der Waals surface area contributed by atoms with Gasteiger partial charge in [0.15, 0.2) is 0 Å². The molecule has 0 saturated heterocycles. The fourth-order valence-corrected chi connectivity index (χ4v) is 1.92. The van der Waals surface area contributed by atoms with E-state index in [1.54, 1.807) is 13.1 Å². The van der Waals surface area contributed by atoms with Crippen LogP contribution in [0.5, 0.6) is 0 Å². The molecule has 1 amide bonds. The second-order valence-electron chi connectivity index (χ2n) is 3.88. The topological polar surface area (TPSA) is 63.5 Å². The van der Waals surface area contributed by atoms with Gasteiger partial charge in [-0.2, -0.15) is 0 Å². The Morgan fingerprint density at radius 1 is 1.38 bits per heavy atom. The highest BCUT2D eigenvalue weighted by molar-refractivity contribution is 5.94. The highest BCUT2D eigenvalue weighted by Crippen LogP contribution is 2.29. The number of aryl methyl sites for hydroxylation is 1. The molecule has 0 fully saturated rings. The summed E-state index contributed by atoms with van der Waals surface area (Å²) in [5, 5.41) is 10.7. The first-order chi connectivity index (χ1) is 7.59. The van der Waals surface area contributed by atoms with E-state index in [2.05, 4.69) is 0 Å². The van der Waals surface area contributed by atoms with E-state index in [1.165, 1.54) is 17.0 Å². The lowest BCUT2D eigenvalue weighted by Crippen LogP contribution is -2.25. The number of hydrogen-bond donors (Lipinski definition) is 0. The van der Waals surface area contributed by atoms with Crippen molar-refractivity contribution in [3.63, 3.8) is 0 Å². The van der Waals surface area contributed by atoms with Gasteiger partial charge in [-0.15, -0.1) is 0 Å².